The average Bonchev–Trinajstić information content (AvgIpc) is 2.77. The number of carbonyl (C=O) groups excluding carboxylic acids is 1. The van der Waals surface area contributed by atoms with Crippen LogP contribution >= 0.6 is 23.4 Å². The summed E-state index contributed by atoms with van der Waals surface area (Å²) in [6.07, 6.45) is 0.378. The number of hydrogen-bond donors (Lipinski definition) is 2. The van der Waals surface area contributed by atoms with Crippen molar-refractivity contribution in [3.63, 3.8) is 0 Å². The molecule has 0 aliphatic carbocycles. The number of amides is 1. The Morgan fingerprint density at radius 1 is 1.47 bits per heavy atom. The van der Waals surface area contributed by atoms with Crippen molar-refractivity contribution >= 4 is 35.2 Å². The van der Waals surface area contributed by atoms with Crippen LogP contribution in [0.1, 0.15) is 12.2 Å². The smallest absolute Gasteiger partial charge is 0.248 e. The summed E-state index contributed by atoms with van der Waals surface area (Å²) in [5.74, 6) is 1.52. The van der Waals surface area contributed by atoms with Crippen LogP contribution in [0.5, 0.6) is 0 Å². The first-order chi connectivity index (χ1) is 9.15. The second-order valence-corrected chi connectivity index (χ2v) is 5.37. The first-order valence-corrected chi connectivity index (χ1v) is 7.07. The molecule has 0 saturated carbocycles. The molecule has 100 valence electrons. The number of thioether (sulfide) groups is 1. The highest BCUT2D eigenvalue weighted by Crippen LogP contribution is 2.26. The molecule has 2 rings (SSSR count). The van der Waals surface area contributed by atoms with Gasteiger partial charge < -0.3 is 0 Å². The fraction of sp³-hybridized carbons (Fsp3) is 0.250. The number of nitrogens with one attached hydrogen (secondary N) is 2. The molecule has 1 amide bonds. The van der Waals surface area contributed by atoms with Crippen molar-refractivity contribution in [2.24, 2.45) is 0 Å². The van der Waals surface area contributed by atoms with Crippen molar-refractivity contribution in [1.82, 2.24) is 15.2 Å². The molecule has 0 saturated heterocycles. The summed E-state index contributed by atoms with van der Waals surface area (Å²) in [7, 11) is 0. The third kappa shape index (κ3) is 4.25. The van der Waals surface area contributed by atoms with E-state index in [0.717, 1.165) is 4.90 Å². The molecular formula is C12H13ClN4OS. The number of H-pyrrole nitrogens is 1. The maximum atomic E-state index is 11.6. The van der Waals surface area contributed by atoms with Crippen LogP contribution in [0.25, 0.3) is 0 Å². The van der Waals surface area contributed by atoms with Gasteiger partial charge in [0.25, 0.3) is 0 Å². The third-order valence-corrected chi connectivity index (χ3v) is 3.79. The summed E-state index contributed by atoms with van der Waals surface area (Å²) in [6.45, 7) is 1.77. The van der Waals surface area contributed by atoms with Crippen LogP contribution in [0, 0.1) is 6.92 Å². The average molecular weight is 297 g/mol. The minimum Gasteiger partial charge on any atom is -0.293 e. The van der Waals surface area contributed by atoms with E-state index in [9.17, 15) is 4.79 Å². The number of aromatic amines is 1. The molecule has 1 aromatic heterocycles. The molecular weight excluding hydrogens is 284 g/mol. The van der Waals surface area contributed by atoms with Gasteiger partial charge in [-0.05, 0) is 19.1 Å². The highest BCUT2D eigenvalue weighted by molar-refractivity contribution is 7.99. The van der Waals surface area contributed by atoms with Crippen molar-refractivity contribution in [1.29, 1.82) is 0 Å². The zero-order valence-electron chi connectivity index (χ0n) is 10.3. The predicted octanol–water partition coefficient (Wildman–Crippen LogP) is 2.89. The monoisotopic (exact) mass is 296 g/mol. The molecule has 0 bridgehead atoms. The topological polar surface area (TPSA) is 70.7 Å². The molecule has 2 aromatic rings. The van der Waals surface area contributed by atoms with E-state index >= 15 is 0 Å². The normalized spacial score (nSPS) is 10.4. The zero-order valence-corrected chi connectivity index (χ0v) is 11.9. The van der Waals surface area contributed by atoms with Gasteiger partial charge in [0.15, 0.2) is 0 Å². The Hall–Kier alpha value is -1.53. The molecule has 0 fully saturated rings. The van der Waals surface area contributed by atoms with E-state index in [-0.39, 0.29) is 5.91 Å². The number of rotatable bonds is 5. The second-order valence-electron chi connectivity index (χ2n) is 3.82. The Bertz CT molecular complexity index is 572. The van der Waals surface area contributed by atoms with Gasteiger partial charge >= 0.3 is 0 Å². The third-order valence-electron chi connectivity index (χ3n) is 2.27. The maximum absolute atomic E-state index is 11.6. The highest BCUT2D eigenvalue weighted by Gasteiger charge is 2.07. The molecule has 1 aromatic carbocycles. The molecule has 19 heavy (non-hydrogen) atoms. The van der Waals surface area contributed by atoms with E-state index in [1.165, 1.54) is 0 Å². The summed E-state index contributed by atoms with van der Waals surface area (Å²) in [5.41, 5.74) is 0. The van der Waals surface area contributed by atoms with Gasteiger partial charge in [0, 0.05) is 17.1 Å². The van der Waals surface area contributed by atoms with E-state index in [0.29, 0.717) is 29.0 Å². The van der Waals surface area contributed by atoms with E-state index in [4.69, 9.17) is 11.6 Å². The number of aromatic nitrogens is 3. The van der Waals surface area contributed by atoms with Crippen LogP contribution in [0.15, 0.2) is 29.2 Å². The molecule has 0 aliphatic heterocycles. The van der Waals surface area contributed by atoms with Crippen LogP contribution in [0.2, 0.25) is 5.02 Å². The predicted molar refractivity (Wildman–Crippen MR) is 76.5 cm³/mol. The molecule has 1 heterocycles. The van der Waals surface area contributed by atoms with Crippen molar-refractivity contribution in [3.05, 3.63) is 35.1 Å². The first-order valence-electron chi connectivity index (χ1n) is 5.71. The zero-order chi connectivity index (χ0) is 13.7. The summed E-state index contributed by atoms with van der Waals surface area (Å²) in [5, 5.41) is 9.84. The summed E-state index contributed by atoms with van der Waals surface area (Å²) >= 11 is 7.58. The van der Waals surface area contributed by atoms with E-state index in [1.54, 1.807) is 18.7 Å². The van der Waals surface area contributed by atoms with Gasteiger partial charge in [-0.25, -0.2) is 0 Å². The van der Waals surface area contributed by atoms with Crippen molar-refractivity contribution in [2.45, 2.75) is 18.2 Å². The minimum atomic E-state index is -0.112. The Morgan fingerprint density at radius 2 is 2.26 bits per heavy atom. The second kappa shape index (κ2) is 6.58. The van der Waals surface area contributed by atoms with Gasteiger partial charge in [0.2, 0.25) is 11.9 Å². The number of aryl methyl sites for hydroxylation is 1. The standard InChI is InChI=1S/C12H13ClN4OS/c1-8-14-12(17-16-8)15-11(18)6-7-19-10-5-3-2-4-9(10)13/h2-5H,6-7H2,1H3,(H2,14,15,16,17,18). The van der Waals surface area contributed by atoms with Crippen LogP contribution in [0.3, 0.4) is 0 Å². The van der Waals surface area contributed by atoms with Crippen LogP contribution < -0.4 is 5.32 Å². The molecule has 2 N–H and O–H groups in total. The van der Waals surface area contributed by atoms with Gasteiger partial charge in [-0.1, -0.05) is 23.7 Å². The van der Waals surface area contributed by atoms with Gasteiger partial charge in [0.1, 0.15) is 5.82 Å². The SMILES string of the molecule is Cc1nc(NC(=O)CCSc2ccccc2Cl)n[nH]1. The Balaban J connectivity index is 1.77. The van der Waals surface area contributed by atoms with Crippen molar-refractivity contribution in [3.8, 4) is 0 Å². The lowest BCUT2D eigenvalue weighted by Crippen LogP contribution is -2.13. The number of anilines is 1. The van der Waals surface area contributed by atoms with Crippen molar-refractivity contribution in [2.75, 3.05) is 11.1 Å². The summed E-state index contributed by atoms with van der Waals surface area (Å²) in [4.78, 5) is 16.6. The van der Waals surface area contributed by atoms with Gasteiger partial charge in [0.05, 0.1) is 5.02 Å². The van der Waals surface area contributed by atoms with Gasteiger partial charge in [-0.15, -0.1) is 16.9 Å². The van der Waals surface area contributed by atoms with Crippen LogP contribution in [-0.2, 0) is 4.79 Å². The van der Waals surface area contributed by atoms with E-state index in [1.807, 2.05) is 24.3 Å². The molecule has 7 heteroatoms. The molecule has 0 unspecified atom stereocenters. The largest absolute Gasteiger partial charge is 0.293 e. The molecule has 0 aliphatic rings. The van der Waals surface area contributed by atoms with Crippen LogP contribution in [-0.4, -0.2) is 26.8 Å². The lowest BCUT2D eigenvalue weighted by atomic mass is 10.4. The van der Waals surface area contributed by atoms with E-state index < -0.39 is 0 Å². The summed E-state index contributed by atoms with van der Waals surface area (Å²) < 4.78 is 0. The quantitative estimate of drug-likeness (QED) is 0.832. The lowest BCUT2D eigenvalue weighted by Gasteiger charge is -2.03. The maximum Gasteiger partial charge on any atom is 0.248 e. The lowest BCUT2D eigenvalue weighted by molar-refractivity contribution is -0.115. The van der Waals surface area contributed by atoms with E-state index in [2.05, 4.69) is 20.5 Å². The molecule has 0 radical (unpaired) electrons. The number of halogens is 1. The fourth-order valence-electron chi connectivity index (χ4n) is 1.40. The number of benzene rings is 1. The van der Waals surface area contributed by atoms with Gasteiger partial charge in [-0.2, -0.15) is 4.98 Å². The first kappa shape index (κ1) is 13.9. The molecule has 0 spiro atoms. The number of hydrogen-bond acceptors (Lipinski definition) is 4. The molecule has 0 atom stereocenters. The highest BCUT2D eigenvalue weighted by atomic mass is 35.5. The number of carbonyl (C=O) groups is 1. The fourth-order valence-corrected chi connectivity index (χ4v) is 2.59. The Morgan fingerprint density at radius 3 is 2.95 bits per heavy atom. The number of nitrogens with zero attached hydrogens (tertiary/aromatic N) is 2. The Kier molecular flexibility index (Phi) is 4.81. The summed E-state index contributed by atoms with van der Waals surface area (Å²) in [6, 6.07) is 7.57. The van der Waals surface area contributed by atoms with Crippen molar-refractivity contribution < 1.29 is 4.79 Å². The van der Waals surface area contributed by atoms with Crippen LogP contribution in [0.4, 0.5) is 5.95 Å². The Labute approximate surface area is 120 Å². The molecule has 5 nitrogen and oxygen atoms in total. The minimum absolute atomic E-state index is 0.112. The van der Waals surface area contributed by atoms with Gasteiger partial charge in [-0.3, -0.25) is 15.2 Å².